The molecule has 0 aliphatic rings. The van der Waals surface area contributed by atoms with Crippen molar-refractivity contribution in [2.75, 3.05) is 6.61 Å². The van der Waals surface area contributed by atoms with Crippen molar-refractivity contribution in [3.63, 3.8) is 0 Å². The lowest BCUT2D eigenvalue weighted by Gasteiger charge is -2.14. The molecule has 2 heteroatoms. The van der Waals surface area contributed by atoms with E-state index in [1.54, 1.807) is 0 Å². The predicted octanol–water partition coefficient (Wildman–Crippen LogP) is 4.09. The fourth-order valence-electron chi connectivity index (χ4n) is 1.89. The van der Waals surface area contributed by atoms with Crippen LogP contribution in [0.5, 0.6) is 5.75 Å². The smallest absolute Gasteiger partial charge is 0.169 e. The molecule has 0 saturated heterocycles. The molecule has 94 valence electrons. The van der Waals surface area contributed by atoms with Gasteiger partial charge in [-0.15, -0.1) is 0 Å². The van der Waals surface area contributed by atoms with Gasteiger partial charge in [-0.25, -0.2) is 0 Å². The largest absolute Gasteiger partial charge is 0.493 e. The van der Waals surface area contributed by atoms with Crippen LogP contribution in [0.25, 0.3) is 0 Å². The first-order valence-electron chi connectivity index (χ1n) is 6.50. The second kappa shape index (κ2) is 7.10. The topological polar surface area (TPSA) is 26.3 Å². The molecule has 0 aromatic heterocycles. The Morgan fingerprint density at radius 1 is 1.18 bits per heavy atom. The van der Waals surface area contributed by atoms with Crippen molar-refractivity contribution in [3.8, 4) is 5.75 Å². The van der Waals surface area contributed by atoms with E-state index in [0.29, 0.717) is 6.61 Å². The van der Waals surface area contributed by atoms with E-state index in [1.807, 2.05) is 24.3 Å². The maximum atomic E-state index is 12.3. The summed E-state index contributed by atoms with van der Waals surface area (Å²) in [7, 11) is 0. The highest BCUT2D eigenvalue weighted by Gasteiger charge is 2.19. The van der Waals surface area contributed by atoms with Gasteiger partial charge in [-0.05, 0) is 31.4 Å². The van der Waals surface area contributed by atoms with E-state index in [1.165, 1.54) is 0 Å². The minimum Gasteiger partial charge on any atom is -0.493 e. The molecule has 1 rings (SSSR count). The fourth-order valence-corrected chi connectivity index (χ4v) is 1.89. The second-order valence-electron chi connectivity index (χ2n) is 4.22. The van der Waals surface area contributed by atoms with Gasteiger partial charge in [0.05, 0.1) is 12.2 Å². The Hall–Kier alpha value is -1.31. The monoisotopic (exact) mass is 234 g/mol. The average Bonchev–Trinajstić information content (AvgIpc) is 2.38. The molecule has 0 atom stereocenters. The van der Waals surface area contributed by atoms with Crippen LogP contribution < -0.4 is 4.74 Å². The van der Waals surface area contributed by atoms with E-state index < -0.39 is 0 Å². The number of hydrogen-bond donors (Lipinski definition) is 0. The number of benzene rings is 1. The highest BCUT2D eigenvalue weighted by Crippen LogP contribution is 2.24. The van der Waals surface area contributed by atoms with Gasteiger partial charge in [0.15, 0.2) is 5.78 Å². The summed E-state index contributed by atoms with van der Waals surface area (Å²) in [6.45, 7) is 6.84. The van der Waals surface area contributed by atoms with Crippen LogP contribution in [-0.2, 0) is 0 Å². The standard InChI is InChI=1S/C15H22O2/c1-4-11-17-14-10-8-7-9-13(14)15(16)12(5-2)6-3/h7-10,12H,4-6,11H2,1-3H3. The molecule has 2 nitrogen and oxygen atoms in total. The molecule has 0 aliphatic heterocycles. The van der Waals surface area contributed by atoms with Gasteiger partial charge in [0, 0.05) is 5.92 Å². The highest BCUT2D eigenvalue weighted by atomic mass is 16.5. The first kappa shape index (κ1) is 13.8. The fraction of sp³-hybridized carbons (Fsp3) is 0.533. The van der Waals surface area contributed by atoms with Crippen molar-refractivity contribution < 1.29 is 9.53 Å². The van der Waals surface area contributed by atoms with Crippen LogP contribution in [-0.4, -0.2) is 12.4 Å². The molecule has 0 fully saturated rings. The summed E-state index contributed by atoms with van der Waals surface area (Å²) >= 11 is 0. The third-order valence-corrected chi connectivity index (χ3v) is 2.97. The number of ketones is 1. The molecule has 0 saturated carbocycles. The molecule has 0 spiro atoms. The Morgan fingerprint density at radius 2 is 1.82 bits per heavy atom. The lowest BCUT2D eigenvalue weighted by Crippen LogP contribution is -2.14. The summed E-state index contributed by atoms with van der Waals surface area (Å²) < 4.78 is 5.63. The van der Waals surface area contributed by atoms with Crippen LogP contribution in [0, 0.1) is 5.92 Å². The molecule has 1 aromatic carbocycles. The van der Waals surface area contributed by atoms with Crippen LogP contribution in [0.2, 0.25) is 0 Å². The molecule has 0 heterocycles. The Kier molecular flexibility index (Phi) is 5.75. The molecule has 0 radical (unpaired) electrons. The van der Waals surface area contributed by atoms with Crippen molar-refractivity contribution in [2.24, 2.45) is 5.92 Å². The number of para-hydroxylation sites is 1. The maximum Gasteiger partial charge on any atom is 0.169 e. The number of carbonyl (C=O) groups excluding carboxylic acids is 1. The SMILES string of the molecule is CCCOc1ccccc1C(=O)C(CC)CC. The Balaban J connectivity index is 2.91. The van der Waals surface area contributed by atoms with E-state index in [4.69, 9.17) is 4.74 Å². The van der Waals surface area contributed by atoms with Crippen LogP contribution in [0.15, 0.2) is 24.3 Å². The van der Waals surface area contributed by atoms with Gasteiger partial charge in [-0.1, -0.05) is 32.9 Å². The number of ether oxygens (including phenoxy) is 1. The zero-order valence-electron chi connectivity index (χ0n) is 11.0. The van der Waals surface area contributed by atoms with Gasteiger partial charge < -0.3 is 4.74 Å². The van der Waals surface area contributed by atoms with Crippen LogP contribution in [0.3, 0.4) is 0 Å². The van der Waals surface area contributed by atoms with E-state index >= 15 is 0 Å². The summed E-state index contributed by atoms with van der Waals surface area (Å²) in [6, 6.07) is 7.56. The van der Waals surface area contributed by atoms with Gasteiger partial charge in [0.2, 0.25) is 0 Å². The lowest BCUT2D eigenvalue weighted by molar-refractivity contribution is 0.0909. The summed E-state index contributed by atoms with van der Waals surface area (Å²) in [6.07, 6.45) is 2.72. The van der Waals surface area contributed by atoms with Gasteiger partial charge in [-0.2, -0.15) is 0 Å². The summed E-state index contributed by atoms with van der Waals surface area (Å²) in [4.78, 5) is 12.3. The van der Waals surface area contributed by atoms with E-state index in [-0.39, 0.29) is 11.7 Å². The van der Waals surface area contributed by atoms with E-state index in [2.05, 4.69) is 20.8 Å². The molecule has 0 unspecified atom stereocenters. The molecule has 0 amide bonds. The average molecular weight is 234 g/mol. The molecule has 0 aliphatic carbocycles. The predicted molar refractivity (Wildman–Crippen MR) is 70.6 cm³/mol. The van der Waals surface area contributed by atoms with Gasteiger partial charge in [-0.3, -0.25) is 4.79 Å². The highest BCUT2D eigenvalue weighted by molar-refractivity contribution is 6.00. The third-order valence-electron chi connectivity index (χ3n) is 2.97. The zero-order valence-corrected chi connectivity index (χ0v) is 11.0. The minimum atomic E-state index is 0.112. The molecule has 0 bridgehead atoms. The molecular weight excluding hydrogens is 212 g/mol. The van der Waals surface area contributed by atoms with Crippen molar-refractivity contribution in [1.82, 2.24) is 0 Å². The molecule has 1 aromatic rings. The first-order valence-corrected chi connectivity index (χ1v) is 6.50. The number of hydrogen-bond acceptors (Lipinski definition) is 2. The normalized spacial score (nSPS) is 10.6. The molecular formula is C15H22O2. The Bertz CT molecular complexity index is 354. The quantitative estimate of drug-likeness (QED) is 0.664. The minimum absolute atomic E-state index is 0.112. The van der Waals surface area contributed by atoms with Crippen LogP contribution in [0.1, 0.15) is 50.4 Å². The van der Waals surface area contributed by atoms with Crippen molar-refractivity contribution in [3.05, 3.63) is 29.8 Å². The van der Waals surface area contributed by atoms with Crippen molar-refractivity contribution in [2.45, 2.75) is 40.0 Å². The summed E-state index contributed by atoms with van der Waals surface area (Å²) in [5, 5.41) is 0. The van der Waals surface area contributed by atoms with Crippen molar-refractivity contribution >= 4 is 5.78 Å². The second-order valence-corrected chi connectivity index (χ2v) is 4.22. The van der Waals surface area contributed by atoms with Gasteiger partial charge in [0.1, 0.15) is 5.75 Å². The number of rotatable bonds is 7. The maximum absolute atomic E-state index is 12.3. The number of carbonyl (C=O) groups is 1. The summed E-state index contributed by atoms with van der Waals surface area (Å²) in [5.74, 6) is 1.05. The summed E-state index contributed by atoms with van der Waals surface area (Å²) in [5.41, 5.74) is 0.731. The van der Waals surface area contributed by atoms with Gasteiger partial charge >= 0.3 is 0 Å². The zero-order chi connectivity index (χ0) is 12.7. The molecule has 17 heavy (non-hydrogen) atoms. The number of Topliss-reactive ketones (excluding diaryl/α,β-unsaturated/α-hetero) is 1. The van der Waals surface area contributed by atoms with Crippen LogP contribution >= 0.6 is 0 Å². The van der Waals surface area contributed by atoms with Crippen LogP contribution in [0.4, 0.5) is 0 Å². The Labute approximate surface area is 104 Å². The third kappa shape index (κ3) is 3.58. The molecule has 0 N–H and O–H groups in total. The van der Waals surface area contributed by atoms with Crippen molar-refractivity contribution in [1.29, 1.82) is 0 Å². The lowest BCUT2D eigenvalue weighted by atomic mass is 9.92. The van der Waals surface area contributed by atoms with E-state index in [0.717, 1.165) is 30.6 Å². The van der Waals surface area contributed by atoms with E-state index in [9.17, 15) is 4.79 Å². The Morgan fingerprint density at radius 3 is 2.41 bits per heavy atom. The first-order chi connectivity index (χ1) is 8.24. The van der Waals surface area contributed by atoms with Gasteiger partial charge in [0.25, 0.3) is 0 Å².